The highest BCUT2D eigenvalue weighted by molar-refractivity contribution is 7.22. The van der Waals surface area contributed by atoms with Crippen LogP contribution in [-0.2, 0) is 11.3 Å². The van der Waals surface area contributed by atoms with Gasteiger partial charge in [0.15, 0.2) is 0 Å². The summed E-state index contributed by atoms with van der Waals surface area (Å²) in [6.45, 7) is -0.175. The SMILES string of the molecule is COc1ccc(NC(=O)Cn2cnc3cc(-c4ccc(Cl)cc4)sc3c2=O)c(OC)c1. The van der Waals surface area contributed by atoms with Crippen LogP contribution in [0.15, 0.2) is 59.7 Å². The van der Waals surface area contributed by atoms with E-state index in [1.54, 1.807) is 37.4 Å². The van der Waals surface area contributed by atoms with Crippen molar-refractivity contribution in [1.29, 1.82) is 0 Å². The molecule has 0 saturated heterocycles. The molecule has 0 atom stereocenters. The van der Waals surface area contributed by atoms with E-state index >= 15 is 0 Å². The average molecular weight is 456 g/mol. The lowest BCUT2D eigenvalue weighted by molar-refractivity contribution is -0.116. The molecule has 158 valence electrons. The molecule has 31 heavy (non-hydrogen) atoms. The van der Waals surface area contributed by atoms with Crippen LogP contribution in [0.2, 0.25) is 5.02 Å². The number of amides is 1. The van der Waals surface area contributed by atoms with Crippen LogP contribution < -0.4 is 20.3 Å². The van der Waals surface area contributed by atoms with Crippen molar-refractivity contribution >= 4 is 44.7 Å². The van der Waals surface area contributed by atoms with Gasteiger partial charge < -0.3 is 14.8 Å². The first-order valence-electron chi connectivity index (χ1n) is 9.25. The molecule has 0 unspecified atom stereocenters. The number of halogens is 1. The quantitative estimate of drug-likeness (QED) is 0.465. The highest BCUT2D eigenvalue weighted by Crippen LogP contribution is 2.31. The smallest absolute Gasteiger partial charge is 0.271 e. The third-order valence-electron chi connectivity index (χ3n) is 4.63. The van der Waals surface area contributed by atoms with Gasteiger partial charge in [-0.05, 0) is 35.9 Å². The van der Waals surface area contributed by atoms with E-state index in [1.165, 1.54) is 29.3 Å². The number of anilines is 1. The van der Waals surface area contributed by atoms with Gasteiger partial charge in [0.25, 0.3) is 5.56 Å². The fraction of sp³-hybridized carbons (Fsp3) is 0.136. The molecule has 0 radical (unpaired) electrons. The minimum Gasteiger partial charge on any atom is -0.497 e. The number of aromatic nitrogens is 2. The van der Waals surface area contributed by atoms with Crippen molar-refractivity contribution in [3.8, 4) is 21.9 Å². The molecule has 0 aliphatic heterocycles. The number of carbonyl (C=O) groups is 1. The van der Waals surface area contributed by atoms with Gasteiger partial charge in [-0.25, -0.2) is 4.98 Å². The zero-order valence-electron chi connectivity index (χ0n) is 16.7. The number of hydrogen-bond acceptors (Lipinski definition) is 6. The first-order valence-corrected chi connectivity index (χ1v) is 10.4. The Bertz CT molecular complexity index is 1310. The number of nitrogens with zero attached hydrogens (tertiary/aromatic N) is 2. The number of nitrogens with one attached hydrogen (secondary N) is 1. The van der Waals surface area contributed by atoms with Gasteiger partial charge in [-0.3, -0.25) is 14.2 Å². The fourth-order valence-corrected chi connectivity index (χ4v) is 4.25. The van der Waals surface area contributed by atoms with E-state index in [0.717, 1.165) is 10.4 Å². The zero-order valence-corrected chi connectivity index (χ0v) is 18.3. The summed E-state index contributed by atoms with van der Waals surface area (Å²) < 4.78 is 12.2. The summed E-state index contributed by atoms with van der Waals surface area (Å²) >= 11 is 7.28. The Balaban J connectivity index is 1.57. The van der Waals surface area contributed by atoms with E-state index in [2.05, 4.69) is 10.3 Å². The number of fused-ring (bicyclic) bond motifs is 1. The molecule has 0 bridgehead atoms. The summed E-state index contributed by atoms with van der Waals surface area (Å²) in [6, 6.07) is 14.3. The highest BCUT2D eigenvalue weighted by atomic mass is 35.5. The molecule has 0 fully saturated rings. The summed E-state index contributed by atoms with van der Waals surface area (Å²) in [4.78, 5) is 30.7. The Labute approximate surface area is 186 Å². The van der Waals surface area contributed by atoms with Gasteiger partial charge in [-0.1, -0.05) is 23.7 Å². The minimum absolute atomic E-state index is 0.175. The van der Waals surface area contributed by atoms with Crippen molar-refractivity contribution in [3.05, 3.63) is 70.2 Å². The highest BCUT2D eigenvalue weighted by Gasteiger charge is 2.14. The van der Waals surface area contributed by atoms with Crippen LogP contribution in [0.3, 0.4) is 0 Å². The third kappa shape index (κ3) is 4.40. The number of hydrogen-bond donors (Lipinski definition) is 1. The molecule has 7 nitrogen and oxygen atoms in total. The van der Waals surface area contributed by atoms with E-state index in [-0.39, 0.29) is 18.0 Å². The van der Waals surface area contributed by atoms with E-state index in [1.807, 2.05) is 18.2 Å². The molecule has 4 rings (SSSR count). The Morgan fingerprint density at radius 2 is 1.90 bits per heavy atom. The predicted molar refractivity (Wildman–Crippen MR) is 123 cm³/mol. The normalized spacial score (nSPS) is 10.8. The third-order valence-corrected chi connectivity index (χ3v) is 6.04. The maximum Gasteiger partial charge on any atom is 0.271 e. The fourth-order valence-electron chi connectivity index (χ4n) is 3.06. The summed E-state index contributed by atoms with van der Waals surface area (Å²) in [5.41, 5.74) is 1.75. The molecule has 2 aromatic carbocycles. The molecular weight excluding hydrogens is 438 g/mol. The van der Waals surface area contributed by atoms with Crippen molar-refractivity contribution in [2.45, 2.75) is 6.54 Å². The first kappa shape index (κ1) is 20.9. The van der Waals surface area contributed by atoms with E-state index in [9.17, 15) is 9.59 Å². The second-order valence-electron chi connectivity index (χ2n) is 6.62. The lowest BCUT2D eigenvalue weighted by Crippen LogP contribution is -2.27. The molecule has 2 heterocycles. The van der Waals surface area contributed by atoms with Crippen molar-refractivity contribution in [2.24, 2.45) is 0 Å². The Morgan fingerprint density at radius 3 is 2.61 bits per heavy atom. The van der Waals surface area contributed by atoms with Gasteiger partial charge in [0.1, 0.15) is 22.7 Å². The molecule has 0 spiro atoms. The Kier molecular flexibility index (Phi) is 5.92. The van der Waals surface area contributed by atoms with Crippen LogP contribution in [0, 0.1) is 0 Å². The van der Waals surface area contributed by atoms with Crippen molar-refractivity contribution < 1.29 is 14.3 Å². The first-order chi connectivity index (χ1) is 15.0. The van der Waals surface area contributed by atoms with Crippen LogP contribution in [0.1, 0.15) is 0 Å². The molecule has 2 aromatic heterocycles. The van der Waals surface area contributed by atoms with Crippen molar-refractivity contribution in [1.82, 2.24) is 9.55 Å². The number of rotatable bonds is 6. The van der Waals surface area contributed by atoms with Gasteiger partial charge in [0.2, 0.25) is 5.91 Å². The Hall–Kier alpha value is -3.36. The topological polar surface area (TPSA) is 82.5 Å². The van der Waals surface area contributed by atoms with E-state index in [0.29, 0.717) is 32.4 Å². The second-order valence-corrected chi connectivity index (χ2v) is 8.11. The van der Waals surface area contributed by atoms with E-state index < -0.39 is 0 Å². The van der Waals surface area contributed by atoms with Gasteiger partial charge >= 0.3 is 0 Å². The van der Waals surface area contributed by atoms with Crippen molar-refractivity contribution in [2.75, 3.05) is 19.5 Å². The number of carbonyl (C=O) groups excluding carboxylic acids is 1. The molecule has 0 aliphatic carbocycles. The molecule has 4 aromatic rings. The summed E-state index contributed by atoms with van der Waals surface area (Å²) in [5, 5.41) is 3.40. The molecule has 1 amide bonds. The Morgan fingerprint density at radius 1 is 1.13 bits per heavy atom. The monoisotopic (exact) mass is 455 g/mol. The van der Waals surface area contributed by atoms with Crippen molar-refractivity contribution in [3.63, 3.8) is 0 Å². The number of methoxy groups -OCH3 is 2. The molecule has 1 N–H and O–H groups in total. The van der Waals surface area contributed by atoms with E-state index in [4.69, 9.17) is 21.1 Å². The van der Waals surface area contributed by atoms with Gasteiger partial charge in [0, 0.05) is 16.0 Å². The van der Waals surface area contributed by atoms with Crippen LogP contribution in [0.4, 0.5) is 5.69 Å². The summed E-state index contributed by atoms with van der Waals surface area (Å²) in [6.07, 6.45) is 1.38. The number of thiophene rings is 1. The van der Waals surface area contributed by atoms with Crippen LogP contribution in [-0.4, -0.2) is 29.7 Å². The van der Waals surface area contributed by atoms with Crippen LogP contribution in [0.25, 0.3) is 20.7 Å². The minimum atomic E-state index is -0.374. The maximum atomic E-state index is 12.9. The molecule has 0 aliphatic rings. The lowest BCUT2D eigenvalue weighted by atomic mass is 10.2. The molecule has 9 heteroatoms. The van der Waals surface area contributed by atoms with Crippen LogP contribution in [0.5, 0.6) is 11.5 Å². The predicted octanol–water partition coefficient (Wildman–Crippen LogP) is 4.43. The van der Waals surface area contributed by atoms with Gasteiger partial charge in [-0.15, -0.1) is 11.3 Å². The average Bonchev–Trinajstić information content (AvgIpc) is 3.21. The van der Waals surface area contributed by atoms with Gasteiger partial charge in [-0.2, -0.15) is 0 Å². The zero-order chi connectivity index (χ0) is 22.0. The van der Waals surface area contributed by atoms with Crippen LogP contribution >= 0.6 is 22.9 Å². The van der Waals surface area contributed by atoms with Gasteiger partial charge in [0.05, 0.1) is 31.8 Å². The molecular formula is C22H18ClN3O4S. The largest absolute Gasteiger partial charge is 0.497 e. The lowest BCUT2D eigenvalue weighted by Gasteiger charge is -2.12. The maximum absolute atomic E-state index is 12.9. The molecule has 0 saturated carbocycles. The standard InChI is InChI=1S/C22H18ClN3O4S/c1-29-15-7-8-16(18(9-15)30-2)25-20(27)11-26-12-24-17-10-19(31-21(17)22(26)28)13-3-5-14(23)6-4-13/h3-10,12H,11H2,1-2H3,(H,25,27). The number of ether oxygens (including phenoxy) is 2. The second kappa shape index (κ2) is 8.79. The number of benzene rings is 2. The summed E-state index contributed by atoms with van der Waals surface area (Å²) in [7, 11) is 3.05. The summed E-state index contributed by atoms with van der Waals surface area (Å²) in [5.74, 6) is 0.690.